The van der Waals surface area contributed by atoms with Crippen molar-refractivity contribution < 1.29 is 9.53 Å². The molecule has 17 heavy (non-hydrogen) atoms. The van der Waals surface area contributed by atoms with Crippen molar-refractivity contribution in [2.75, 3.05) is 12.4 Å². The zero-order valence-electron chi connectivity index (χ0n) is 8.81. The first-order valence-corrected chi connectivity index (χ1v) is 5.86. The molecule has 2 aromatic heterocycles. The van der Waals surface area contributed by atoms with E-state index in [1.54, 1.807) is 18.6 Å². The van der Waals surface area contributed by atoms with Crippen molar-refractivity contribution in [1.29, 1.82) is 0 Å². The molecule has 0 aliphatic heterocycles. The molecular weight excluding hydrogens is 262 g/mol. The predicted octanol–water partition coefficient (Wildman–Crippen LogP) is 2.45. The molecule has 0 unspecified atom stereocenters. The number of hydrogen-bond acceptors (Lipinski definition) is 5. The third kappa shape index (κ3) is 2.92. The van der Waals surface area contributed by atoms with Gasteiger partial charge in [-0.25, -0.2) is 9.97 Å². The first-order chi connectivity index (χ1) is 8.19. The Kier molecular flexibility index (Phi) is 3.55. The number of aromatic nitrogens is 2. The molecule has 0 spiro atoms. The maximum absolute atomic E-state index is 11.8. The van der Waals surface area contributed by atoms with Crippen molar-refractivity contribution >= 4 is 34.7 Å². The molecule has 0 bridgehead atoms. The van der Waals surface area contributed by atoms with E-state index in [1.165, 1.54) is 23.7 Å². The average Bonchev–Trinajstić information content (AvgIpc) is 2.81. The minimum Gasteiger partial charge on any atom is -0.496 e. The fraction of sp³-hybridized carbons (Fsp3) is 0.100. The second-order valence-corrected chi connectivity index (χ2v) is 4.33. The first-order valence-electron chi connectivity index (χ1n) is 4.60. The zero-order chi connectivity index (χ0) is 12.3. The lowest BCUT2D eigenvalue weighted by atomic mass is 10.4. The minimum atomic E-state index is -0.255. The summed E-state index contributed by atoms with van der Waals surface area (Å²) in [7, 11) is 1.55. The van der Waals surface area contributed by atoms with Gasteiger partial charge in [-0.2, -0.15) is 0 Å². The van der Waals surface area contributed by atoms with Gasteiger partial charge in [-0.3, -0.25) is 4.79 Å². The van der Waals surface area contributed by atoms with Crippen LogP contribution in [0.5, 0.6) is 5.75 Å². The fourth-order valence-electron chi connectivity index (χ4n) is 1.10. The summed E-state index contributed by atoms with van der Waals surface area (Å²) in [5, 5.41) is 4.64. The largest absolute Gasteiger partial charge is 0.496 e. The van der Waals surface area contributed by atoms with E-state index in [-0.39, 0.29) is 11.1 Å². The molecule has 0 aliphatic carbocycles. The lowest BCUT2D eigenvalue weighted by Gasteiger charge is -2.01. The zero-order valence-corrected chi connectivity index (χ0v) is 10.4. The van der Waals surface area contributed by atoms with Crippen molar-refractivity contribution in [2.24, 2.45) is 0 Å². The van der Waals surface area contributed by atoms with Gasteiger partial charge in [-0.05, 0) is 0 Å². The van der Waals surface area contributed by atoms with Crippen LogP contribution in [0.2, 0.25) is 5.15 Å². The molecule has 5 nitrogen and oxygen atoms in total. The number of carbonyl (C=O) groups excluding carboxylic acids is 1. The molecule has 0 aromatic carbocycles. The summed E-state index contributed by atoms with van der Waals surface area (Å²) in [6.45, 7) is 0. The number of rotatable bonds is 3. The van der Waals surface area contributed by atoms with Gasteiger partial charge in [0.25, 0.3) is 5.91 Å². The highest BCUT2D eigenvalue weighted by Gasteiger charge is 2.10. The molecule has 1 N–H and O–H groups in total. The number of carbonyl (C=O) groups is 1. The second-order valence-electron chi connectivity index (χ2n) is 3.03. The molecule has 0 radical (unpaired) electrons. The normalized spacial score (nSPS) is 10.0. The second kappa shape index (κ2) is 5.11. The number of methoxy groups -OCH3 is 1. The summed E-state index contributed by atoms with van der Waals surface area (Å²) in [4.78, 5) is 20.0. The summed E-state index contributed by atoms with van der Waals surface area (Å²) >= 11 is 6.88. The number of nitrogens with zero attached hydrogens (tertiary/aromatic N) is 2. The predicted molar refractivity (Wildman–Crippen MR) is 65.9 cm³/mol. The molecule has 0 saturated carbocycles. The van der Waals surface area contributed by atoms with Gasteiger partial charge in [-0.1, -0.05) is 11.6 Å². The summed E-state index contributed by atoms with van der Waals surface area (Å²) in [5.74, 6) is 0.754. The first kappa shape index (κ1) is 11.8. The molecule has 2 heterocycles. The van der Waals surface area contributed by atoms with Crippen LogP contribution in [0.25, 0.3) is 0 Å². The molecule has 0 saturated heterocycles. The maximum Gasteiger partial charge on any atom is 0.267 e. The lowest BCUT2D eigenvalue weighted by molar-refractivity contribution is 0.103. The Bertz CT molecular complexity index is 527. The van der Waals surface area contributed by atoms with Crippen LogP contribution in [0.3, 0.4) is 0 Å². The van der Waals surface area contributed by atoms with Gasteiger partial charge in [0, 0.05) is 11.4 Å². The molecule has 0 aliphatic rings. The average molecular weight is 270 g/mol. The number of hydrogen-bond donors (Lipinski definition) is 1. The topological polar surface area (TPSA) is 64.1 Å². The molecular formula is C10H8ClN3O2S. The highest BCUT2D eigenvalue weighted by atomic mass is 35.5. The summed E-state index contributed by atoms with van der Waals surface area (Å²) in [6, 6.07) is 1.66. The highest BCUT2D eigenvalue weighted by Crippen LogP contribution is 2.21. The van der Waals surface area contributed by atoms with Crippen molar-refractivity contribution in [3.63, 3.8) is 0 Å². The van der Waals surface area contributed by atoms with E-state index < -0.39 is 0 Å². The van der Waals surface area contributed by atoms with E-state index in [0.717, 1.165) is 0 Å². The van der Waals surface area contributed by atoms with Gasteiger partial charge in [0.2, 0.25) is 0 Å². The Balaban J connectivity index is 2.08. The Hall–Kier alpha value is -1.66. The quantitative estimate of drug-likeness (QED) is 0.930. The van der Waals surface area contributed by atoms with E-state index in [0.29, 0.717) is 16.4 Å². The minimum absolute atomic E-state index is 0.255. The van der Waals surface area contributed by atoms with E-state index >= 15 is 0 Å². The van der Waals surface area contributed by atoms with Crippen LogP contribution in [0, 0.1) is 0 Å². The van der Waals surface area contributed by atoms with Crippen LogP contribution in [0.4, 0.5) is 5.82 Å². The van der Waals surface area contributed by atoms with Crippen LogP contribution < -0.4 is 10.1 Å². The molecule has 0 atom stereocenters. The van der Waals surface area contributed by atoms with E-state index in [1.807, 2.05) is 0 Å². The molecule has 2 aromatic rings. The molecule has 2 rings (SSSR count). The van der Waals surface area contributed by atoms with Crippen LogP contribution in [-0.4, -0.2) is 23.0 Å². The van der Waals surface area contributed by atoms with E-state index in [9.17, 15) is 4.79 Å². The Morgan fingerprint density at radius 2 is 2.29 bits per heavy atom. The van der Waals surface area contributed by atoms with Crippen molar-refractivity contribution in [3.05, 3.63) is 33.9 Å². The number of nitrogens with one attached hydrogen (secondary N) is 1. The number of ether oxygens (including phenoxy) is 1. The van der Waals surface area contributed by atoms with Crippen molar-refractivity contribution in [3.8, 4) is 5.75 Å². The number of amides is 1. The Morgan fingerprint density at radius 3 is 2.88 bits per heavy atom. The summed E-state index contributed by atoms with van der Waals surface area (Å²) < 4.78 is 5.00. The SMILES string of the molecule is COc1csc(C(=O)Nc2cnc(Cl)cn2)c1. The Morgan fingerprint density at radius 1 is 1.47 bits per heavy atom. The molecule has 88 valence electrons. The van der Waals surface area contributed by atoms with Crippen LogP contribution >= 0.6 is 22.9 Å². The fourth-order valence-corrected chi connectivity index (χ4v) is 1.95. The standard InChI is InChI=1S/C10H8ClN3O2S/c1-16-6-2-7(17-5-6)10(15)14-9-4-12-8(11)3-13-9/h2-5H,1H3,(H,13,14,15). The third-order valence-corrected chi connectivity index (χ3v) is 3.00. The lowest BCUT2D eigenvalue weighted by Crippen LogP contribution is -2.11. The number of anilines is 1. The smallest absolute Gasteiger partial charge is 0.267 e. The third-order valence-electron chi connectivity index (χ3n) is 1.90. The number of halogens is 1. The van der Waals surface area contributed by atoms with Gasteiger partial charge < -0.3 is 10.1 Å². The van der Waals surface area contributed by atoms with Gasteiger partial charge in [0.15, 0.2) is 5.82 Å². The van der Waals surface area contributed by atoms with E-state index in [4.69, 9.17) is 16.3 Å². The Labute approximate surface area is 106 Å². The van der Waals surface area contributed by atoms with Crippen molar-refractivity contribution in [1.82, 2.24) is 9.97 Å². The molecule has 1 amide bonds. The van der Waals surface area contributed by atoms with Crippen LogP contribution in [0.1, 0.15) is 9.67 Å². The van der Waals surface area contributed by atoms with Crippen LogP contribution in [-0.2, 0) is 0 Å². The summed E-state index contributed by atoms with van der Waals surface area (Å²) in [6.07, 6.45) is 2.76. The van der Waals surface area contributed by atoms with Crippen molar-refractivity contribution in [2.45, 2.75) is 0 Å². The monoisotopic (exact) mass is 269 g/mol. The molecule has 0 fully saturated rings. The van der Waals surface area contributed by atoms with Crippen LogP contribution in [0.15, 0.2) is 23.8 Å². The summed E-state index contributed by atoms with van der Waals surface area (Å²) in [5.41, 5.74) is 0. The van der Waals surface area contributed by atoms with Gasteiger partial charge in [0.1, 0.15) is 10.9 Å². The van der Waals surface area contributed by atoms with E-state index in [2.05, 4.69) is 15.3 Å². The van der Waals surface area contributed by atoms with Gasteiger partial charge in [0.05, 0.1) is 24.4 Å². The number of thiophene rings is 1. The van der Waals surface area contributed by atoms with Gasteiger partial charge >= 0.3 is 0 Å². The molecule has 7 heteroatoms. The maximum atomic E-state index is 11.8. The highest BCUT2D eigenvalue weighted by molar-refractivity contribution is 7.12. The van der Waals surface area contributed by atoms with Gasteiger partial charge in [-0.15, -0.1) is 11.3 Å².